The maximum absolute atomic E-state index is 12.9. The van der Waals surface area contributed by atoms with E-state index in [0.29, 0.717) is 31.7 Å². The van der Waals surface area contributed by atoms with Gasteiger partial charge in [-0.15, -0.1) is 0 Å². The highest BCUT2D eigenvalue weighted by molar-refractivity contribution is 7.89. The number of rotatable bonds is 5. The largest absolute Gasteiger partial charge is 0.417 e. The third-order valence-electron chi connectivity index (χ3n) is 4.78. The fourth-order valence-corrected chi connectivity index (χ4v) is 4.72. The number of aromatic amines is 1. The monoisotopic (exact) mass is 391 g/mol. The Morgan fingerprint density at radius 3 is 2.70 bits per heavy atom. The minimum Gasteiger partial charge on any atom is -0.408 e. The Kier molecular flexibility index (Phi) is 4.62. The summed E-state index contributed by atoms with van der Waals surface area (Å²) in [5.41, 5.74) is 1.85. The highest BCUT2D eigenvalue weighted by Crippen LogP contribution is 2.22. The van der Waals surface area contributed by atoms with Gasteiger partial charge in [-0.1, -0.05) is 0 Å². The molecular weight excluding hydrogens is 370 g/mol. The van der Waals surface area contributed by atoms with Gasteiger partial charge in [0.25, 0.3) is 0 Å². The second-order valence-corrected chi connectivity index (χ2v) is 8.49. The summed E-state index contributed by atoms with van der Waals surface area (Å²) in [6.07, 6.45) is 3.87. The Labute approximate surface area is 156 Å². The van der Waals surface area contributed by atoms with E-state index in [2.05, 4.69) is 15.0 Å². The zero-order chi connectivity index (χ0) is 19.0. The lowest BCUT2D eigenvalue weighted by molar-refractivity contribution is 0.181. The average Bonchev–Trinajstić information content (AvgIpc) is 3.26. The van der Waals surface area contributed by atoms with Gasteiger partial charge in [0.2, 0.25) is 10.0 Å². The van der Waals surface area contributed by atoms with Crippen LogP contribution in [0.25, 0.3) is 11.1 Å². The Morgan fingerprint density at radius 2 is 2.00 bits per heavy atom. The molecule has 4 rings (SSSR count). The Bertz CT molecular complexity index is 1110. The van der Waals surface area contributed by atoms with E-state index in [1.807, 2.05) is 24.0 Å². The number of hydrogen-bond donors (Lipinski definition) is 1. The second kappa shape index (κ2) is 6.95. The number of piperazine rings is 1. The molecule has 3 aromatic rings. The first-order chi connectivity index (χ1) is 13.0. The summed E-state index contributed by atoms with van der Waals surface area (Å²) in [6, 6.07) is 4.44. The molecule has 0 bridgehead atoms. The van der Waals surface area contributed by atoms with Crippen molar-refractivity contribution < 1.29 is 12.8 Å². The van der Waals surface area contributed by atoms with Crippen molar-refractivity contribution in [1.82, 2.24) is 24.0 Å². The zero-order valence-corrected chi connectivity index (χ0v) is 15.8. The molecule has 27 heavy (non-hydrogen) atoms. The fourth-order valence-electron chi connectivity index (χ4n) is 3.28. The molecule has 0 unspecified atom stereocenters. The van der Waals surface area contributed by atoms with E-state index in [1.54, 1.807) is 6.07 Å². The number of H-pyrrole nitrogens is 1. The first-order valence-electron chi connectivity index (χ1n) is 8.82. The number of aryl methyl sites for hydroxylation is 1. The SMILES string of the molecule is CCn1cc(CN2CCN(S(=O)(=O)c3ccc4[nH]c(=O)oc4c3)CC2)cn1. The normalized spacial score (nSPS) is 16.9. The van der Waals surface area contributed by atoms with Gasteiger partial charge >= 0.3 is 5.76 Å². The van der Waals surface area contributed by atoms with Gasteiger partial charge in [-0.05, 0) is 19.1 Å². The molecule has 1 aliphatic rings. The van der Waals surface area contributed by atoms with Gasteiger partial charge in [-0.2, -0.15) is 9.40 Å². The summed E-state index contributed by atoms with van der Waals surface area (Å²) < 4.78 is 34.2. The first kappa shape index (κ1) is 18.0. The van der Waals surface area contributed by atoms with Crippen LogP contribution in [-0.2, 0) is 23.1 Å². The third-order valence-corrected chi connectivity index (χ3v) is 6.67. The summed E-state index contributed by atoms with van der Waals surface area (Å²) in [5.74, 6) is -0.598. The Balaban J connectivity index is 1.44. The molecule has 0 spiro atoms. The van der Waals surface area contributed by atoms with E-state index in [1.165, 1.54) is 16.4 Å². The van der Waals surface area contributed by atoms with Crippen molar-refractivity contribution in [2.45, 2.75) is 24.9 Å². The van der Waals surface area contributed by atoms with Crippen molar-refractivity contribution in [1.29, 1.82) is 0 Å². The minimum absolute atomic E-state index is 0.135. The fraction of sp³-hybridized carbons (Fsp3) is 0.412. The van der Waals surface area contributed by atoms with Crippen molar-refractivity contribution in [3.05, 3.63) is 46.7 Å². The van der Waals surface area contributed by atoms with Crippen LogP contribution in [0.5, 0.6) is 0 Å². The molecule has 0 amide bonds. The van der Waals surface area contributed by atoms with Gasteiger partial charge in [0.05, 0.1) is 16.6 Å². The molecule has 0 atom stereocenters. The predicted octanol–water partition coefficient (Wildman–Crippen LogP) is 0.844. The van der Waals surface area contributed by atoms with Crippen LogP contribution in [0.4, 0.5) is 0 Å². The molecule has 9 nitrogen and oxygen atoms in total. The number of benzene rings is 1. The van der Waals surface area contributed by atoms with E-state index >= 15 is 0 Å². The number of oxazole rings is 1. The van der Waals surface area contributed by atoms with Crippen molar-refractivity contribution >= 4 is 21.1 Å². The van der Waals surface area contributed by atoms with Gasteiger partial charge in [-0.3, -0.25) is 14.6 Å². The third kappa shape index (κ3) is 3.55. The molecule has 0 radical (unpaired) electrons. The molecule has 2 aromatic heterocycles. The lowest BCUT2D eigenvalue weighted by Gasteiger charge is -2.33. The quantitative estimate of drug-likeness (QED) is 0.691. The van der Waals surface area contributed by atoms with E-state index < -0.39 is 15.8 Å². The standard InChI is InChI=1S/C17H21N5O4S/c1-2-21-12-13(10-18-21)11-20-5-7-22(8-6-20)27(24,25)14-3-4-15-16(9-14)26-17(23)19-15/h3-4,9-10,12H,2,5-8,11H2,1H3,(H,19,23). The molecule has 1 aromatic carbocycles. The summed E-state index contributed by atoms with van der Waals surface area (Å²) >= 11 is 0. The molecule has 0 saturated carbocycles. The molecule has 1 fully saturated rings. The van der Waals surface area contributed by atoms with Crippen molar-refractivity contribution in [2.75, 3.05) is 26.2 Å². The number of hydrogen-bond acceptors (Lipinski definition) is 6. The van der Waals surface area contributed by atoms with Gasteiger partial charge in [0.1, 0.15) is 0 Å². The van der Waals surface area contributed by atoms with Gasteiger partial charge in [0, 0.05) is 57.1 Å². The molecular formula is C17H21N5O4S. The number of nitrogens with zero attached hydrogens (tertiary/aromatic N) is 4. The molecule has 1 saturated heterocycles. The number of fused-ring (bicyclic) bond motifs is 1. The molecule has 1 N–H and O–H groups in total. The summed E-state index contributed by atoms with van der Waals surface area (Å²) in [5, 5.41) is 4.27. The number of sulfonamides is 1. The van der Waals surface area contributed by atoms with Crippen LogP contribution in [0.1, 0.15) is 12.5 Å². The van der Waals surface area contributed by atoms with Crippen LogP contribution in [-0.4, -0.2) is 58.6 Å². The van der Waals surface area contributed by atoms with Crippen molar-refractivity contribution in [3.8, 4) is 0 Å². The zero-order valence-electron chi connectivity index (χ0n) is 15.0. The van der Waals surface area contributed by atoms with E-state index in [0.717, 1.165) is 18.7 Å². The Hall–Kier alpha value is -2.43. The minimum atomic E-state index is -3.63. The van der Waals surface area contributed by atoms with Crippen LogP contribution in [0, 0.1) is 0 Å². The number of nitrogens with one attached hydrogen (secondary N) is 1. The van der Waals surface area contributed by atoms with Gasteiger partial charge in [-0.25, -0.2) is 13.2 Å². The lowest BCUT2D eigenvalue weighted by Crippen LogP contribution is -2.48. The van der Waals surface area contributed by atoms with Gasteiger partial charge in [0.15, 0.2) is 5.58 Å². The van der Waals surface area contributed by atoms with Crippen LogP contribution in [0.2, 0.25) is 0 Å². The first-order valence-corrected chi connectivity index (χ1v) is 10.3. The van der Waals surface area contributed by atoms with E-state index in [4.69, 9.17) is 4.42 Å². The van der Waals surface area contributed by atoms with Crippen LogP contribution in [0.15, 0.2) is 44.7 Å². The summed E-state index contributed by atoms with van der Waals surface area (Å²) in [7, 11) is -3.63. The summed E-state index contributed by atoms with van der Waals surface area (Å²) in [6.45, 7) is 5.76. The maximum Gasteiger partial charge on any atom is 0.417 e. The van der Waals surface area contributed by atoms with Crippen molar-refractivity contribution in [2.24, 2.45) is 0 Å². The Morgan fingerprint density at radius 1 is 1.22 bits per heavy atom. The molecule has 10 heteroatoms. The topological polar surface area (TPSA) is 104 Å². The predicted molar refractivity (Wildman–Crippen MR) is 98.8 cm³/mol. The maximum atomic E-state index is 12.9. The highest BCUT2D eigenvalue weighted by Gasteiger charge is 2.29. The summed E-state index contributed by atoms with van der Waals surface area (Å²) in [4.78, 5) is 16.1. The van der Waals surface area contributed by atoms with Crippen LogP contribution in [0.3, 0.4) is 0 Å². The van der Waals surface area contributed by atoms with Crippen molar-refractivity contribution in [3.63, 3.8) is 0 Å². The second-order valence-electron chi connectivity index (χ2n) is 6.56. The smallest absolute Gasteiger partial charge is 0.408 e. The van der Waals surface area contributed by atoms with Crippen LogP contribution >= 0.6 is 0 Å². The van der Waals surface area contributed by atoms with Gasteiger partial charge < -0.3 is 4.42 Å². The van der Waals surface area contributed by atoms with E-state index in [9.17, 15) is 13.2 Å². The molecule has 3 heterocycles. The van der Waals surface area contributed by atoms with Crippen LogP contribution < -0.4 is 5.76 Å². The lowest BCUT2D eigenvalue weighted by atomic mass is 10.3. The number of aromatic nitrogens is 3. The molecule has 0 aliphatic carbocycles. The highest BCUT2D eigenvalue weighted by atomic mass is 32.2. The molecule has 144 valence electrons. The molecule has 1 aliphatic heterocycles. The average molecular weight is 391 g/mol. The van der Waals surface area contributed by atoms with E-state index in [-0.39, 0.29) is 10.5 Å².